The van der Waals surface area contributed by atoms with E-state index in [0.29, 0.717) is 5.56 Å². The van der Waals surface area contributed by atoms with Crippen LogP contribution in [0.5, 0.6) is 0 Å². The zero-order chi connectivity index (χ0) is 14.3. The molecule has 0 aliphatic heterocycles. The van der Waals surface area contributed by atoms with Crippen molar-refractivity contribution in [1.29, 1.82) is 0 Å². The molecule has 0 saturated carbocycles. The summed E-state index contributed by atoms with van der Waals surface area (Å²) in [6.45, 7) is 1.31. The molecule has 3 aromatic carbocycles. The number of benzene rings is 3. The van der Waals surface area contributed by atoms with Crippen LogP contribution in [0.3, 0.4) is 0 Å². The van der Waals surface area contributed by atoms with Gasteiger partial charge in [0.2, 0.25) is 0 Å². The van der Waals surface area contributed by atoms with Crippen LogP contribution in [0.15, 0.2) is 54.6 Å². The molecule has 0 spiro atoms. The molecule has 0 radical (unpaired) electrons. The van der Waals surface area contributed by atoms with Crippen molar-refractivity contribution in [2.24, 2.45) is 0 Å². The third kappa shape index (κ3) is 1.75. The van der Waals surface area contributed by atoms with Crippen LogP contribution in [0.25, 0.3) is 21.5 Å². The first kappa shape index (κ1) is 12.6. The van der Waals surface area contributed by atoms with E-state index in [2.05, 4.69) is 0 Å². The predicted molar refractivity (Wildman–Crippen MR) is 78.7 cm³/mol. The van der Waals surface area contributed by atoms with Gasteiger partial charge < -0.3 is 10.2 Å². The summed E-state index contributed by atoms with van der Waals surface area (Å²) in [6, 6.07) is 17.1. The number of aliphatic hydroxyl groups is 1. The van der Waals surface area contributed by atoms with E-state index in [4.69, 9.17) is 0 Å². The Balaban J connectivity index is 2.50. The first-order valence-electron chi connectivity index (χ1n) is 6.38. The van der Waals surface area contributed by atoms with Gasteiger partial charge in [0.05, 0.1) is 0 Å². The third-order valence-electron chi connectivity index (χ3n) is 3.71. The van der Waals surface area contributed by atoms with Crippen LogP contribution >= 0.6 is 0 Å². The molecule has 0 aromatic heterocycles. The van der Waals surface area contributed by atoms with E-state index in [1.54, 1.807) is 6.07 Å². The van der Waals surface area contributed by atoms with E-state index in [9.17, 15) is 15.0 Å². The first-order valence-corrected chi connectivity index (χ1v) is 6.38. The van der Waals surface area contributed by atoms with Gasteiger partial charge in [-0.15, -0.1) is 0 Å². The maximum Gasteiger partial charge on any atom is 0.340 e. The van der Waals surface area contributed by atoms with Crippen molar-refractivity contribution in [3.63, 3.8) is 0 Å². The number of carbonyl (C=O) groups is 1. The molecule has 0 bridgehead atoms. The molecule has 0 fully saturated rings. The van der Waals surface area contributed by atoms with Crippen molar-refractivity contribution in [3.05, 3.63) is 60.2 Å². The fourth-order valence-electron chi connectivity index (χ4n) is 2.57. The van der Waals surface area contributed by atoms with E-state index < -0.39 is 11.6 Å². The van der Waals surface area contributed by atoms with Gasteiger partial charge in [0.1, 0.15) is 0 Å². The minimum absolute atomic E-state index is 0.416. The van der Waals surface area contributed by atoms with Gasteiger partial charge >= 0.3 is 5.97 Å². The second kappa shape index (κ2) is 4.32. The van der Waals surface area contributed by atoms with Crippen LogP contribution in [0.4, 0.5) is 0 Å². The highest BCUT2D eigenvalue weighted by atomic mass is 16.4. The molecule has 100 valence electrons. The van der Waals surface area contributed by atoms with E-state index in [0.717, 1.165) is 21.5 Å². The summed E-state index contributed by atoms with van der Waals surface area (Å²) in [4.78, 5) is 11.4. The maximum atomic E-state index is 11.4. The summed E-state index contributed by atoms with van der Waals surface area (Å²) in [5.74, 6) is -1.25. The Morgan fingerprint density at radius 3 is 2.15 bits per heavy atom. The second-order valence-electron chi connectivity index (χ2n) is 5.07. The fraction of sp³-hybridized carbons (Fsp3) is 0.118. The van der Waals surface area contributed by atoms with Crippen molar-refractivity contribution in [1.82, 2.24) is 0 Å². The standard InChI is InChI=1S/C17H14O3/c1-17(20,16(18)19)15-10-11-6-2-3-7-12(11)13-8-4-5-9-14(13)15/h2-10,20H,1H3,(H,18,19). The van der Waals surface area contributed by atoms with Gasteiger partial charge in [0.15, 0.2) is 5.60 Å². The molecular weight excluding hydrogens is 252 g/mol. The Bertz CT molecular complexity index is 819. The molecule has 2 N–H and O–H groups in total. The second-order valence-corrected chi connectivity index (χ2v) is 5.07. The third-order valence-corrected chi connectivity index (χ3v) is 3.71. The zero-order valence-electron chi connectivity index (χ0n) is 11.0. The zero-order valence-corrected chi connectivity index (χ0v) is 11.0. The van der Waals surface area contributed by atoms with Crippen LogP contribution in [-0.2, 0) is 10.4 Å². The molecule has 0 aliphatic rings. The summed E-state index contributed by atoms with van der Waals surface area (Å²) in [5, 5.41) is 23.3. The van der Waals surface area contributed by atoms with Gasteiger partial charge in [-0.1, -0.05) is 48.5 Å². The van der Waals surface area contributed by atoms with E-state index in [-0.39, 0.29) is 0 Å². The molecule has 3 heteroatoms. The van der Waals surface area contributed by atoms with E-state index >= 15 is 0 Å². The maximum absolute atomic E-state index is 11.4. The topological polar surface area (TPSA) is 57.5 Å². The van der Waals surface area contributed by atoms with Crippen LogP contribution in [0, 0.1) is 0 Å². The summed E-state index contributed by atoms with van der Waals surface area (Å²) in [6.07, 6.45) is 0. The Labute approximate surface area is 116 Å². The highest BCUT2D eigenvalue weighted by Gasteiger charge is 2.34. The molecular formula is C17H14O3. The largest absolute Gasteiger partial charge is 0.479 e. The molecule has 0 saturated heterocycles. The van der Waals surface area contributed by atoms with Crippen LogP contribution < -0.4 is 0 Å². The number of carboxylic acids is 1. The minimum atomic E-state index is -1.91. The van der Waals surface area contributed by atoms with Gasteiger partial charge in [-0.05, 0) is 34.5 Å². The summed E-state index contributed by atoms with van der Waals surface area (Å²) in [5.41, 5.74) is -1.50. The summed E-state index contributed by atoms with van der Waals surface area (Å²) in [7, 11) is 0. The molecule has 3 aromatic rings. The van der Waals surface area contributed by atoms with Gasteiger partial charge in [0.25, 0.3) is 0 Å². The Hall–Kier alpha value is -2.39. The van der Waals surface area contributed by atoms with Gasteiger partial charge in [-0.2, -0.15) is 0 Å². The van der Waals surface area contributed by atoms with Crippen molar-refractivity contribution >= 4 is 27.5 Å². The number of hydrogen-bond acceptors (Lipinski definition) is 2. The van der Waals surface area contributed by atoms with E-state index in [1.807, 2.05) is 48.5 Å². The molecule has 1 unspecified atom stereocenters. The first-order chi connectivity index (χ1) is 9.51. The Morgan fingerprint density at radius 1 is 0.950 bits per heavy atom. The van der Waals surface area contributed by atoms with Gasteiger partial charge in [-0.3, -0.25) is 0 Å². The number of aliphatic carboxylic acids is 1. The van der Waals surface area contributed by atoms with E-state index in [1.165, 1.54) is 6.92 Å². The van der Waals surface area contributed by atoms with Crippen LogP contribution in [0.2, 0.25) is 0 Å². The lowest BCUT2D eigenvalue weighted by Crippen LogP contribution is -2.32. The molecule has 0 aliphatic carbocycles. The smallest absolute Gasteiger partial charge is 0.340 e. The highest BCUT2D eigenvalue weighted by molar-refractivity contribution is 6.10. The lowest BCUT2D eigenvalue weighted by Gasteiger charge is -2.21. The summed E-state index contributed by atoms with van der Waals surface area (Å²) < 4.78 is 0. The normalized spacial score (nSPS) is 14.3. The quantitative estimate of drug-likeness (QED) is 0.700. The molecule has 0 heterocycles. The number of fused-ring (bicyclic) bond motifs is 3. The molecule has 1 atom stereocenters. The SMILES string of the molecule is CC(O)(C(=O)O)c1cc2ccccc2c2ccccc12. The van der Waals surface area contributed by atoms with Crippen molar-refractivity contribution < 1.29 is 15.0 Å². The molecule has 3 rings (SSSR count). The minimum Gasteiger partial charge on any atom is -0.479 e. The van der Waals surface area contributed by atoms with Gasteiger partial charge in [-0.25, -0.2) is 4.79 Å². The van der Waals surface area contributed by atoms with Crippen molar-refractivity contribution in [2.75, 3.05) is 0 Å². The number of hydrogen-bond donors (Lipinski definition) is 2. The van der Waals surface area contributed by atoms with Crippen LogP contribution in [-0.4, -0.2) is 16.2 Å². The predicted octanol–water partition coefficient (Wildman–Crippen LogP) is 3.29. The van der Waals surface area contributed by atoms with Crippen molar-refractivity contribution in [2.45, 2.75) is 12.5 Å². The lowest BCUT2D eigenvalue weighted by atomic mass is 9.88. The van der Waals surface area contributed by atoms with Crippen LogP contribution in [0.1, 0.15) is 12.5 Å². The number of carboxylic acid groups (broad SMARTS) is 1. The monoisotopic (exact) mass is 266 g/mol. The lowest BCUT2D eigenvalue weighted by molar-refractivity contribution is -0.157. The number of rotatable bonds is 2. The Morgan fingerprint density at radius 2 is 1.50 bits per heavy atom. The van der Waals surface area contributed by atoms with Gasteiger partial charge in [0, 0.05) is 5.56 Å². The highest BCUT2D eigenvalue weighted by Crippen LogP contribution is 2.34. The summed E-state index contributed by atoms with van der Waals surface area (Å²) >= 11 is 0. The fourth-order valence-corrected chi connectivity index (χ4v) is 2.57. The Kier molecular flexibility index (Phi) is 2.73. The average molecular weight is 266 g/mol. The van der Waals surface area contributed by atoms with Crippen molar-refractivity contribution in [3.8, 4) is 0 Å². The average Bonchev–Trinajstić information content (AvgIpc) is 2.46. The molecule has 0 amide bonds. The molecule has 20 heavy (non-hydrogen) atoms. The molecule has 3 nitrogen and oxygen atoms in total.